The van der Waals surface area contributed by atoms with Crippen LogP contribution in [-0.2, 0) is 17.8 Å². The number of fused-ring (bicyclic) bond motifs is 3. The van der Waals surface area contributed by atoms with Gasteiger partial charge in [0, 0.05) is 53.0 Å². The molecule has 4 rings (SSSR count). The van der Waals surface area contributed by atoms with E-state index in [9.17, 15) is 4.79 Å². The lowest BCUT2D eigenvalue weighted by atomic mass is 10.0. The van der Waals surface area contributed by atoms with Crippen LogP contribution in [0.1, 0.15) is 18.2 Å². The number of H-pyrrole nitrogens is 1. The third-order valence-corrected chi connectivity index (χ3v) is 5.25. The number of aliphatic carboxylic acids is 1. The number of aromatic nitrogens is 1. The van der Waals surface area contributed by atoms with Crippen LogP contribution in [-0.4, -0.2) is 39.5 Å². The van der Waals surface area contributed by atoms with Gasteiger partial charge in [-0.05, 0) is 24.6 Å². The molecular weight excluding hydrogens is 372 g/mol. The van der Waals surface area contributed by atoms with Crippen LogP contribution < -0.4 is 5.32 Å². The summed E-state index contributed by atoms with van der Waals surface area (Å²) in [4.78, 5) is 21.2. The van der Waals surface area contributed by atoms with Gasteiger partial charge in [-0.3, -0.25) is 4.90 Å². The smallest absolute Gasteiger partial charge is 0.338 e. The van der Waals surface area contributed by atoms with Crippen molar-refractivity contribution in [1.82, 2.24) is 15.2 Å². The largest absolute Gasteiger partial charge is 0.478 e. The van der Waals surface area contributed by atoms with Crippen molar-refractivity contribution in [2.24, 2.45) is 4.99 Å². The van der Waals surface area contributed by atoms with Gasteiger partial charge in [0.05, 0.1) is 5.57 Å². The standard InChI is InChI=1S/C17H17BrN4O2/c1-17(19-7-10(8-20-17)16(23)24)22-5-4-14-13(9-22)12-3-2-11(18)6-15(12)21-14/h2-3,6-8,19,21H,4-5,9H2,1H3,(H,23,24). The fourth-order valence-electron chi connectivity index (χ4n) is 3.34. The molecule has 3 N–H and O–H groups in total. The van der Waals surface area contributed by atoms with E-state index in [0.717, 1.165) is 29.5 Å². The zero-order valence-corrected chi connectivity index (χ0v) is 14.7. The molecule has 1 atom stereocenters. The van der Waals surface area contributed by atoms with E-state index in [0.29, 0.717) is 0 Å². The van der Waals surface area contributed by atoms with E-state index in [1.165, 1.54) is 29.1 Å². The molecule has 2 aromatic rings. The molecule has 0 saturated heterocycles. The normalized spacial score (nSPS) is 23.7. The average molecular weight is 389 g/mol. The molecule has 0 fully saturated rings. The second kappa shape index (κ2) is 5.46. The molecule has 6 nitrogen and oxygen atoms in total. The molecule has 0 aliphatic carbocycles. The second-order valence-electron chi connectivity index (χ2n) is 6.27. The Hall–Kier alpha value is -2.12. The minimum atomic E-state index is -0.976. The second-order valence-corrected chi connectivity index (χ2v) is 7.19. The topological polar surface area (TPSA) is 80.7 Å². The zero-order chi connectivity index (χ0) is 16.9. The summed E-state index contributed by atoms with van der Waals surface area (Å²) in [5.41, 5.74) is 3.86. The lowest BCUT2D eigenvalue weighted by molar-refractivity contribution is -0.132. The number of aromatic amines is 1. The number of halogens is 1. The first-order valence-corrected chi connectivity index (χ1v) is 8.56. The molecule has 0 spiro atoms. The number of carboxylic acids is 1. The Morgan fingerprint density at radius 3 is 3.00 bits per heavy atom. The van der Waals surface area contributed by atoms with E-state index in [4.69, 9.17) is 5.11 Å². The summed E-state index contributed by atoms with van der Waals surface area (Å²) in [5, 5.41) is 13.4. The first-order chi connectivity index (χ1) is 11.5. The maximum absolute atomic E-state index is 11.0. The van der Waals surface area contributed by atoms with Gasteiger partial charge >= 0.3 is 5.97 Å². The quantitative estimate of drug-likeness (QED) is 0.738. The van der Waals surface area contributed by atoms with Crippen molar-refractivity contribution in [1.29, 1.82) is 0 Å². The maximum atomic E-state index is 11.0. The highest BCUT2D eigenvalue weighted by molar-refractivity contribution is 9.10. The Kier molecular flexibility index (Phi) is 3.51. The molecule has 3 heterocycles. The predicted octanol–water partition coefficient (Wildman–Crippen LogP) is 2.60. The van der Waals surface area contributed by atoms with E-state index in [2.05, 4.69) is 54.3 Å². The summed E-state index contributed by atoms with van der Waals surface area (Å²) >= 11 is 3.51. The molecule has 1 aromatic heterocycles. The van der Waals surface area contributed by atoms with Crippen LogP contribution >= 0.6 is 15.9 Å². The first kappa shape index (κ1) is 15.4. The van der Waals surface area contributed by atoms with Gasteiger partial charge in [-0.15, -0.1) is 0 Å². The number of benzene rings is 1. The first-order valence-electron chi connectivity index (χ1n) is 7.77. The van der Waals surface area contributed by atoms with Gasteiger partial charge < -0.3 is 15.4 Å². The molecule has 0 amide bonds. The molecule has 124 valence electrons. The monoisotopic (exact) mass is 388 g/mol. The summed E-state index contributed by atoms with van der Waals surface area (Å²) in [7, 11) is 0. The Morgan fingerprint density at radius 1 is 1.46 bits per heavy atom. The van der Waals surface area contributed by atoms with Crippen molar-refractivity contribution in [3.05, 3.63) is 45.7 Å². The van der Waals surface area contributed by atoms with E-state index < -0.39 is 11.8 Å². The van der Waals surface area contributed by atoms with Gasteiger partial charge in [0.2, 0.25) is 0 Å². The molecule has 2 aliphatic rings. The number of hydrogen-bond donors (Lipinski definition) is 3. The Labute approximate surface area is 147 Å². The number of aliphatic imine (C=N–C) groups is 1. The minimum absolute atomic E-state index is 0.169. The summed E-state index contributed by atoms with van der Waals surface area (Å²) in [5.74, 6) is -1.60. The third kappa shape index (κ3) is 2.44. The van der Waals surface area contributed by atoms with E-state index >= 15 is 0 Å². The molecule has 0 bridgehead atoms. The van der Waals surface area contributed by atoms with Gasteiger partial charge in [0.15, 0.2) is 5.79 Å². The minimum Gasteiger partial charge on any atom is -0.478 e. The third-order valence-electron chi connectivity index (χ3n) is 4.76. The van der Waals surface area contributed by atoms with Crippen molar-refractivity contribution < 1.29 is 9.90 Å². The molecular formula is C17H17BrN4O2. The van der Waals surface area contributed by atoms with Crippen LogP contribution in [0.15, 0.2) is 39.4 Å². The number of carboxylic acid groups (broad SMARTS) is 1. The average Bonchev–Trinajstić information content (AvgIpc) is 2.91. The number of nitrogens with zero attached hydrogens (tertiary/aromatic N) is 2. The zero-order valence-electron chi connectivity index (χ0n) is 13.1. The Bertz CT molecular complexity index is 901. The fraction of sp³-hybridized carbons (Fsp3) is 0.294. The molecule has 1 aromatic carbocycles. The number of carbonyl (C=O) groups is 1. The highest BCUT2D eigenvalue weighted by Gasteiger charge is 2.35. The molecule has 24 heavy (non-hydrogen) atoms. The van der Waals surface area contributed by atoms with Crippen LogP contribution in [0.3, 0.4) is 0 Å². The van der Waals surface area contributed by atoms with Crippen molar-refractivity contribution in [2.45, 2.75) is 25.7 Å². The van der Waals surface area contributed by atoms with Gasteiger partial charge in [0.25, 0.3) is 0 Å². The highest BCUT2D eigenvalue weighted by atomic mass is 79.9. The molecule has 0 radical (unpaired) electrons. The summed E-state index contributed by atoms with van der Waals surface area (Å²) in [6, 6.07) is 6.27. The number of hydrogen-bond acceptors (Lipinski definition) is 4. The summed E-state index contributed by atoms with van der Waals surface area (Å²) in [6.45, 7) is 3.57. The number of rotatable bonds is 2. The van der Waals surface area contributed by atoms with Crippen LogP contribution in [0, 0.1) is 0 Å². The summed E-state index contributed by atoms with van der Waals surface area (Å²) in [6.07, 6.45) is 3.86. The van der Waals surface area contributed by atoms with Crippen molar-refractivity contribution >= 4 is 39.0 Å². The number of nitrogens with one attached hydrogen (secondary N) is 2. The van der Waals surface area contributed by atoms with E-state index in [1.54, 1.807) is 0 Å². The maximum Gasteiger partial charge on any atom is 0.338 e. The van der Waals surface area contributed by atoms with E-state index in [1.807, 2.05) is 6.92 Å². The van der Waals surface area contributed by atoms with Crippen molar-refractivity contribution in [3.63, 3.8) is 0 Å². The molecule has 1 unspecified atom stereocenters. The lowest BCUT2D eigenvalue weighted by Gasteiger charge is -2.41. The fourth-order valence-corrected chi connectivity index (χ4v) is 3.70. The van der Waals surface area contributed by atoms with Crippen molar-refractivity contribution in [3.8, 4) is 0 Å². The van der Waals surface area contributed by atoms with Crippen molar-refractivity contribution in [2.75, 3.05) is 6.54 Å². The molecule has 2 aliphatic heterocycles. The molecule has 0 saturated carbocycles. The summed E-state index contributed by atoms with van der Waals surface area (Å²) < 4.78 is 1.06. The van der Waals surface area contributed by atoms with E-state index in [-0.39, 0.29) is 5.57 Å². The van der Waals surface area contributed by atoms with Gasteiger partial charge in [0.1, 0.15) is 0 Å². The van der Waals surface area contributed by atoms with Crippen LogP contribution in [0.2, 0.25) is 0 Å². The Balaban J connectivity index is 1.64. The SMILES string of the molecule is CC1(N2CCc3[nH]c4cc(Br)ccc4c3C2)N=CC(C(=O)O)=CN1. The lowest BCUT2D eigenvalue weighted by Crippen LogP contribution is -2.56. The predicted molar refractivity (Wildman–Crippen MR) is 95.9 cm³/mol. The van der Waals surface area contributed by atoms with Gasteiger partial charge in [-0.2, -0.15) is 0 Å². The van der Waals surface area contributed by atoms with Gasteiger partial charge in [-0.1, -0.05) is 22.0 Å². The van der Waals surface area contributed by atoms with Gasteiger partial charge in [-0.25, -0.2) is 9.79 Å². The van der Waals surface area contributed by atoms with Crippen LogP contribution in [0.4, 0.5) is 0 Å². The Morgan fingerprint density at radius 2 is 2.29 bits per heavy atom. The highest BCUT2D eigenvalue weighted by Crippen LogP contribution is 2.32. The molecule has 7 heteroatoms. The van der Waals surface area contributed by atoms with Crippen LogP contribution in [0.5, 0.6) is 0 Å². The van der Waals surface area contributed by atoms with Crippen LogP contribution in [0.25, 0.3) is 10.9 Å².